The largest absolute Gasteiger partial charge is 0.339 e. The zero-order chi connectivity index (χ0) is 24.2. The maximum Gasteiger partial charge on any atom is 0.239 e. The van der Waals surface area contributed by atoms with Crippen LogP contribution < -0.4 is 5.32 Å². The first kappa shape index (κ1) is 23.2. The van der Waals surface area contributed by atoms with Gasteiger partial charge < -0.3 is 9.84 Å². The van der Waals surface area contributed by atoms with Crippen LogP contribution in [0.5, 0.6) is 0 Å². The molecule has 0 saturated carbocycles. The zero-order valence-corrected chi connectivity index (χ0v) is 19.7. The van der Waals surface area contributed by atoms with Gasteiger partial charge in [0.25, 0.3) is 0 Å². The first-order valence-corrected chi connectivity index (χ1v) is 11.8. The molecule has 3 heterocycles. The fourth-order valence-corrected chi connectivity index (χ4v) is 4.48. The lowest BCUT2D eigenvalue weighted by molar-refractivity contribution is -0.117. The predicted molar refractivity (Wildman–Crippen MR) is 130 cm³/mol. The number of hydrogen-bond acceptors (Lipinski definition) is 6. The fraction of sp³-hybridized carbons (Fsp3) is 0.280. The van der Waals surface area contributed by atoms with Crippen molar-refractivity contribution in [3.05, 3.63) is 83.1 Å². The molecule has 4 aromatic rings. The minimum atomic E-state index is -0.350. The van der Waals surface area contributed by atoms with Crippen molar-refractivity contribution in [1.29, 1.82) is 0 Å². The molecule has 1 saturated heterocycles. The van der Waals surface area contributed by atoms with Crippen molar-refractivity contribution in [3.8, 4) is 11.4 Å². The van der Waals surface area contributed by atoms with Gasteiger partial charge in [0.2, 0.25) is 17.6 Å². The van der Waals surface area contributed by atoms with Crippen molar-refractivity contribution < 1.29 is 13.7 Å². The standard InChI is InChI=1S/C25H24ClFN6O2/c26-21-9-2-1-5-18(21)15-33-22(10-11-28-33)29-23(34)16-32-12-4-7-19(14-32)25-30-24(31-35-25)17-6-3-8-20(27)13-17/h1-3,5-6,8-11,13,19H,4,7,12,14-16H2,(H,29,34). The maximum absolute atomic E-state index is 13.5. The number of hydrogen-bond donors (Lipinski definition) is 1. The molecule has 1 atom stereocenters. The second-order valence-electron chi connectivity index (χ2n) is 8.55. The van der Waals surface area contributed by atoms with Crippen molar-refractivity contribution in [2.24, 2.45) is 0 Å². The normalized spacial score (nSPS) is 16.3. The summed E-state index contributed by atoms with van der Waals surface area (Å²) in [5.74, 6) is 1.01. The van der Waals surface area contributed by atoms with Crippen LogP contribution in [-0.2, 0) is 11.3 Å². The summed E-state index contributed by atoms with van der Waals surface area (Å²) >= 11 is 6.27. The third-order valence-corrected chi connectivity index (χ3v) is 6.38. The number of halogens is 2. The fourth-order valence-electron chi connectivity index (χ4n) is 4.28. The van der Waals surface area contributed by atoms with Gasteiger partial charge in [-0.1, -0.05) is 47.1 Å². The molecule has 0 spiro atoms. The Balaban J connectivity index is 1.19. The predicted octanol–water partition coefficient (Wildman–Crippen LogP) is 4.59. The highest BCUT2D eigenvalue weighted by atomic mass is 35.5. The topological polar surface area (TPSA) is 89.1 Å². The average Bonchev–Trinajstić information content (AvgIpc) is 3.51. The number of likely N-dealkylation sites (tertiary alicyclic amines) is 1. The summed E-state index contributed by atoms with van der Waals surface area (Å²) in [5.41, 5.74) is 1.49. The van der Waals surface area contributed by atoms with Crippen LogP contribution in [0.1, 0.15) is 30.2 Å². The van der Waals surface area contributed by atoms with Gasteiger partial charge in [-0.25, -0.2) is 9.07 Å². The highest BCUT2D eigenvalue weighted by Crippen LogP contribution is 2.28. The average molecular weight is 495 g/mol. The minimum Gasteiger partial charge on any atom is -0.339 e. The van der Waals surface area contributed by atoms with Crippen molar-refractivity contribution in [2.75, 3.05) is 25.0 Å². The lowest BCUT2D eigenvalue weighted by atomic mass is 9.98. The Morgan fingerprint density at radius 3 is 2.94 bits per heavy atom. The van der Waals surface area contributed by atoms with E-state index in [1.807, 2.05) is 24.3 Å². The molecule has 2 aromatic heterocycles. The summed E-state index contributed by atoms with van der Waals surface area (Å²) in [5, 5.41) is 11.9. The molecule has 0 radical (unpaired) electrons. The molecule has 35 heavy (non-hydrogen) atoms. The van der Waals surface area contributed by atoms with Crippen LogP contribution in [0.15, 0.2) is 65.3 Å². The van der Waals surface area contributed by atoms with Crippen LogP contribution in [0.3, 0.4) is 0 Å². The molecular formula is C25H24ClFN6O2. The highest BCUT2D eigenvalue weighted by Gasteiger charge is 2.27. The lowest BCUT2D eigenvalue weighted by Crippen LogP contribution is -2.40. The van der Waals surface area contributed by atoms with Gasteiger partial charge in [-0.2, -0.15) is 10.1 Å². The number of benzene rings is 2. The van der Waals surface area contributed by atoms with E-state index in [2.05, 4.69) is 25.5 Å². The third kappa shape index (κ3) is 5.58. The third-order valence-electron chi connectivity index (χ3n) is 6.01. The van der Waals surface area contributed by atoms with Crippen molar-refractivity contribution in [3.63, 3.8) is 0 Å². The Morgan fingerprint density at radius 1 is 1.20 bits per heavy atom. The van der Waals surface area contributed by atoms with Gasteiger partial charge >= 0.3 is 0 Å². The number of nitrogens with one attached hydrogen (secondary N) is 1. The monoisotopic (exact) mass is 494 g/mol. The van der Waals surface area contributed by atoms with E-state index in [-0.39, 0.29) is 24.2 Å². The Kier molecular flexibility index (Phi) is 6.87. The van der Waals surface area contributed by atoms with Gasteiger partial charge in [-0.15, -0.1) is 0 Å². The minimum absolute atomic E-state index is 0.0112. The van der Waals surface area contributed by atoms with Crippen LogP contribution in [0.4, 0.5) is 10.2 Å². The summed E-state index contributed by atoms with van der Waals surface area (Å²) in [7, 11) is 0. The molecule has 2 aromatic carbocycles. The van der Waals surface area contributed by atoms with Crippen molar-refractivity contribution in [1.82, 2.24) is 24.8 Å². The molecule has 8 nitrogen and oxygen atoms in total. The van der Waals surface area contributed by atoms with Gasteiger partial charge in [-0.3, -0.25) is 9.69 Å². The van der Waals surface area contributed by atoms with Gasteiger partial charge in [0, 0.05) is 23.2 Å². The number of rotatable bonds is 7. The number of carbonyl (C=O) groups excluding carboxylic acids is 1. The first-order chi connectivity index (χ1) is 17.0. The van der Waals surface area contributed by atoms with E-state index in [0.717, 1.165) is 24.9 Å². The van der Waals surface area contributed by atoms with Crippen molar-refractivity contribution in [2.45, 2.75) is 25.3 Å². The summed E-state index contributed by atoms with van der Waals surface area (Å²) in [6.45, 7) is 2.11. The van der Waals surface area contributed by atoms with Gasteiger partial charge in [0.05, 0.1) is 25.2 Å². The number of anilines is 1. The quantitative estimate of drug-likeness (QED) is 0.404. The molecule has 1 aliphatic rings. The molecule has 0 bridgehead atoms. The first-order valence-electron chi connectivity index (χ1n) is 11.4. The van der Waals surface area contributed by atoms with Crippen LogP contribution >= 0.6 is 11.6 Å². The maximum atomic E-state index is 13.5. The molecular weight excluding hydrogens is 471 g/mol. The Hall–Kier alpha value is -3.56. The van der Waals surface area contributed by atoms with E-state index in [1.165, 1.54) is 12.1 Å². The van der Waals surface area contributed by atoms with E-state index in [9.17, 15) is 9.18 Å². The molecule has 0 aliphatic carbocycles. The Morgan fingerprint density at radius 2 is 2.09 bits per heavy atom. The summed E-state index contributed by atoms with van der Waals surface area (Å²) in [6, 6.07) is 15.4. The number of carbonyl (C=O) groups is 1. The molecule has 1 unspecified atom stereocenters. The molecule has 1 fully saturated rings. The van der Waals surface area contributed by atoms with Crippen LogP contribution in [0.25, 0.3) is 11.4 Å². The number of nitrogens with zero attached hydrogens (tertiary/aromatic N) is 5. The summed E-state index contributed by atoms with van der Waals surface area (Å²) in [6.07, 6.45) is 3.43. The van der Waals surface area contributed by atoms with E-state index in [0.29, 0.717) is 41.2 Å². The van der Waals surface area contributed by atoms with Gasteiger partial charge in [0.15, 0.2) is 0 Å². The van der Waals surface area contributed by atoms with Gasteiger partial charge in [-0.05, 0) is 43.1 Å². The molecule has 1 amide bonds. The van der Waals surface area contributed by atoms with Crippen LogP contribution in [0.2, 0.25) is 5.02 Å². The lowest BCUT2D eigenvalue weighted by Gasteiger charge is -2.30. The number of aromatic nitrogens is 4. The van der Waals surface area contributed by atoms with E-state index in [4.69, 9.17) is 16.1 Å². The second-order valence-corrected chi connectivity index (χ2v) is 8.96. The van der Waals surface area contributed by atoms with E-state index in [1.54, 1.807) is 29.1 Å². The second kappa shape index (κ2) is 10.4. The van der Waals surface area contributed by atoms with Crippen LogP contribution in [-0.4, -0.2) is 50.4 Å². The highest BCUT2D eigenvalue weighted by molar-refractivity contribution is 6.31. The Bertz CT molecular complexity index is 1320. The SMILES string of the molecule is O=C(CN1CCCC(c2nc(-c3cccc(F)c3)no2)C1)Nc1ccnn1Cc1ccccc1Cl. The Labute approximate surface area is 206 Å². The smallest absolute Gasteiger partial charge is 0.239 e. The molecule has 1 N–H and O–H groups in total. The zero-order valence-electron chi connectivity index (χ0n) is 18.9. The summed E-state index contributed by atoms with van der Waals surface area (Å²) < 4.78 is 20.7. The van der Waals surface area contributed by atoms with Crippen LogP contribution in [0, 0.1) is 5.82 Å². The van der Waals surface area contributed by atoms with E-state index < -0.39 is 0 Å². The molecule has 5 rings (SSSR count). The molecule has 1 aliphatic heterocycles. The number of amides is 1. The summed E-state index contributed by atoms with van der Waals surface area (Å²) in [4.78, 5) is 19.4. The number of piperidine rings is 1. The van der Waals surface area contributed by atoms with E-state index >= 15 is 0 Å². The molecule has 180 valence electrons. The van der Waals surface area contributed by atoms with Crippen molar-refractivity contribution >= 4 is 23.3 Å². The molecule has 10 heteroatoms. The van der Waals surface area contributed by atoms with Gasteiger partial charge in [0.1, 0.15) is 11.6 Å².